The van der Waals surface area contributed by atoms with Gasteiger partial charge in [0, 0.05) is 24.0 Å². The molecule has 1 aromatic carbocycles. The van der Waals surface area contributed by atoms with E-state index in [0.717, 1.165) is 12.2 Å². The third-order valence-corrected chi connectivity index (χ3v) is 3.49. The lowest BCUT2D eigenvalue weighted by molar-refractivity contribution is 0.588. The summed E-state index contributed by atoms with van der Waals surface area (Å²) in [6.45, 7) is 11.6. The highest BCUT2D eigenvalue weighted by molar-refractivity contribution is 5.44. The first-order chi connectivity index (χ1) is 8.99. The number of hydrogen-bond acceptors (Lipinski definition) is 2. The molecule has 3 nitrogen and oxygen atoms in total. The van der Waals surface area contributed by atoms with Gasteiger partial charge in [-0.25, -0.2) is 4.98 Å². The molecule has 0 aliphatic carbocycles. The van der Waals surface area contributed by atoms with Crippen molar-refractivity contribution in [1.82, 2.24) is 14.9 Å². The first kappa shape index (κ1) is 13.8. The molecule has 0 saturated carbocycles. The average molecular weight is 257 g/mol. The molecular formula is C16H23N3. The van der Waals surface area contributed by atoms with Gasteiger partial charge in [0.2, 0.25) is 0 Å². The highest BCUT2D eigenvalue weighted by atomic mass is 15.1. The van der Waals surface area contributed by atoms with Gasteiger partial charge in [0.15, 0.2) is 0 Å². The highest BCUT2D eigenvalue weighted by Crippen LogP contribution is 2.19. The van der Waals surface area contributed by atoms with E-state index in [1.54, 1.807) is 0 Å². The largest absolute Gasteiger partial charge is 0.310 e. The lowest BCUT2D eigenvalue weighted by Crippen LogP contribution is -2.21. The summed E-state index contributed by atoms with van der Waals surface area (Å²) in [5, 5.41) is 3.44. The van der Waals surface area contributed by atoms with E-state index in [1.165, 1.54) is 22.5 Å². The van der Waals surface area contributed by atoms with Crippen molar-refractivity contribution >= 4 is 0 Å². The van der Waals surface area contributed by atoms with Crippen molar-refractivity contribution in [3.05, 3.63) is 47.0 Å². The summed E-state index contributed by atoms with van der Waals surface area (Å²) in [7, 11) is 0. The van der Waals surface area contributed by atoms with Gasteiger partial charge in [-0.15, -0.1) is 0 Å². The Morgan fingerprint density at radius 3 is 2.47 bits per heavy atom. The van der Waals surface area contributed by atoms with Crippen LogP contribution in [0.1, 0.15) is 36.4 Å². The summed E-state index contributed by atoms with van der Waals surface area (Å²) in [6.07, 6.45) is 1.90. The predicted octanol–water partition coefficient (Wildman–Crippen LogP) is 3.30. The van der Waals surface area contributed by atoms with Crippen LogP contribution in [0.4, 0.5) is 0 Å². The minimum atomic E-state index is 0.513. The second-order valence-electron chi connectivity index (χ2n) is 5.44. The number of aryl methyl sites for hydroxylation is 2. The third kappa shape index (κ3) is 3.04. The van der Waals surface area contributed by atoms with Gasteiger partial charge in [-0.1, -0.05) is 26.0 Å². The van der Waals surface area contributed by atoms with Crippen LogP contribution in [0.3, 0.4) is 0 Å². The maximum absolute atomic E-state index is 4.37. The maximum Gasteiger partial charge on any atom is 0.0997 e. The van der Waals surface area contributed by atoms with Crippen LogP contribution < -0.4 is 5.32 Å². The number of hydrogen-bond donors (Lipinski definition) is 1. The van der Waals surface area contributed by atoms with Crippen LogP contribution in [-0.2, 0) is 6.54 Å². The topological polar surface area (TPSA) is 29.9 Å². The number of benzene rings is 1. The molecule has 0 radical (unpaired) electrons. The fraction of sp³-hybridized carbons (Fsp3) is 0.438. The van der Waals surface area contributed by atoms with E-state index < -0.39 is 0 Å². The van der Waals surface area contributed by atoms with Crippen LogP contribution in [0.2, 0.25) is 0 Å². The van der Waals surface area contributed by atoms with Crippen LogP contribution in [-0.4, -0.2) is 15.6 Å². The van der Waals surface area contributed by atoms with Gasteiger partial charge in [-0.05, 0) is 38.0 Å². The molecule has 0 unspecified atom stereocenters. The van der Waals surface area contributed by atoms with E-state index >= 15 is 0 Å². The van der Waals surface area contributed by atoms with Gasteiger partial charge in [-0.3, -0.25) is 0 Å². The van der Waals surface area contributed by atoms with Crippen molar-refractivity contribution in [2.45, 2.75) is 47.2 Å². The molecular weight excluding hydrogens is 234 g/mol. The smallest absolute Gasteiger partial charge is 0.0997 e. The van der Waals surface area contributed by atoms with Crippen LogP contribution in [0.15, 0.2) is 24.5 Å². The Labute approximate surface area is 115 Å². The van der Waals surface area contributed by atoms with Crippen molar-refractivity contribution in [2.24, 2.45) is 0 Å². The molecule has 102 valence electrons. The minimum Gasteiger partial charge on any atom is -0.310 e. The SMILES string of the molecule is Cc1cc(CNC(C)C)ccc1-n1cnc(C)c1C. The molecule has 0 amide bonds. The molecule has 3 heteroatoms. The summed E-state index contributed by atoms with van der Waals surface area (Å²) < 4.78 is 2.16. The fourth-order valence-corrected chi connectivity index (χ4v) is 2.16. The van der Waals surface area contributed by atoms with Crippen LogP contribution >= 0.6 is 0 Å². The minimum absolute atomic E-state index is 0.513. The average Bonchev–Trinajstić information content (AvgIpc) is 2.68. The molecule has 19 heavy (non-hydrogen) atoms. The zero-order valence-electron chi connectivity index (χ0n) is 12.5. The number of imidazole rings is 1. The molecule has 2 aromatic rings. The summed E-state index contributed by atoms with van der Waals surface area (Å²) in [6, 6.07) is 7.13. The predicted molar refractivity (Wildman–Crippen MR) is 79.8 cm³/mol. The van der Waals surface area contributed by atoms with E-state index in [0.29, 0.717) is 6.04 Å². The third-order valence-electron chi connectivity index (χ3n) is 3.49. The summed E-state index contributed by atoms with van der Waals surface area (Å²) >= 11 is 0. The summed E-state index contributed by atoms with van der Waals surface area (Å²) in [5.74, 6) is 0. The zero-order valence-corrected chi connectivity index (χ0v) is 12.5. The molecule has 0 aliphatic heterocycles. The Hall–Kier alpha value is -1.61. The standard InChI is InChI=1S/C16H23N3/c1-11(2)17-9-15-6-7-16(12(3)8-15)19-10-18-13(4)14(19)5/h6-8,10-11,17H,9H2,1-5H3. The Bertz CT molecular complexity index is 567. The van der Waals surface area contributed by atoms with Gasteiger partial charge >= 0.3 is 0 Å². The lowest BCUT2D eigenvalue weighted by atomic mass is 10.1. The van der Waals surface area contributed by atoms with Crippen molar-refractivity contribution in [3.63, 3.8) is 0 Å². The Kier molecular flexibility index (Phi) is 4.05. The first-order valence-electron chi connectivity index (χ1n) is 6.83. The Morgan fingerprint density at radius 2 is 1.95 bits per heavy atom. The zero-order chi connectivity index (χ0) is 14.0. The molecule has 0 aliphatic rings. The maximum atomic E-state index is 4.37. The molecule has 0 saturated heterocycles. The van der Waals surface area contributed by atoms with E-state index in [-0.39, 0.29) is 0 Å². The summed E-state index contributed by atoms with van der Waals surface area (Å²) in [5.41, 5.74) is 6.11. The van der Waals surface area contributed by atoms with Crippen LogP contribution in [0.25, 0.3) is 5.69 Å². The first-order valence-corrected chi connectivity index (χ1v) is 6.83. The highest BCUT2D eigenvalue weighted by Gasteiger charge is 2.07. The number of nitrogens with zero attached hydrogens (tertiary/aromatic N) is 2. The number of aromatic nitrogens is 2. The lowest BCUT2D eigenvalue weighted by Gasteiger charge is -2.13. The van der Waals surface area contributed by atoms with Crippen LogP contribution in [0.5, 0.6) is 0 Å². The normalized spacial score (nSPS) is 11.3. The monoisotopic (exact) mass is 257 g/mol. The summed E-state index contributed by atoms with van der Waals surface area (Å²) in [4.78, 5) is 4.37. The molecule has 2 rings (SSSR count). The number of rotatable bonds is 4. The number of nitrogens with one attached hydrogen (secondary N) is 1. The van der Waals surface area contributed by atoms with Crippen molar-refractivity contribution in [3.8, 4) is 5.69 Å². The van der Waals surface area contributed by atoms with Gasteiger partial charge in [0.05, 0.1) is 12.0 Å². The van der Waals surface area contributed by atoms with E-state index in [4.69, 9.17) is 0 Å². The van der Waals surface area contributed by atoms with Crippen molar-refractivity contribution < 1.29 is 0 Å². The molecule has 1 N–H and O–H groups in total. The second-order valence-corrected chi connectivity index (χ2v) is 5.44. The van der Waals surface area contributed by atoms with Gasteiger partial charge in [-0.2, -0.15) is 0 Å². The molecule has 0 bridgehead atoms. The van der Waals surface area contributed by atoms with Gasteiger partial charge in [0.1, 0.15) is 0 Å². The van der Waals surface area contributed by atoms with E-state index in [9.17, 15) is 0 Å². The molecule has 0 fully saturated rings. The quantitative estimate of drug-likeness (QED) is 0.911. The molecule has 0 atom stereocenters. The van der Waals surface area contributed by atoms with Gasteiger partial charge in [0.25, 0.3) is 0 Å². The molecule has 1 heterocycles. The second kappa shape index (κ2) is 5.57. The van der Waals surface area contributed by atoms with E-state index in [1.807, 2.05) is 13.3 Å². The van der Waals surface area contributed by atoms with Gasteiger partial charge < -0.3 is 9.88 Å². The van der Waals surface area contributed by atoms with E-state index in [2.05, 4.69) is 60.8 Å². The van der Waals surface area contributed by atoms with Crippen LogP contribution in [0, 0.1) is 20.8 Å². The molecule has 0 spiro atoms. The van der Waals surface area contributed by atoms with Crippen molar-refractivity contribution in [1.29, 1.82) is 0 Å². The Morgan fingerprint density at radius 1 is 1.21 bits per heavy atom. The Balaban J connectivity index is 2.27. The molecule has 1 aromatic heterocycles. The fourth-order valence-electron chi connectivity index (χ4n) is 2.16. The van der Waals surface area contributed by atoms with Crippen molar-refractivity contribution in [2.75, 3.05) is 0 Å².